The first-order chi connectivity index (χ1) is 9.11. The van der Waals surface area contributed by atoms with Crippen molar-refractivity contribution in [3.8, 4) is 0 Å². The van der Waals surface area contributed by atoms with E-state index in [0.717, 1.165) is 24.9 Å². The fourth-order valence-corrected chi connectivity index (χ4v) is 2.44. The molecule has 1 unspecified atom stereocenters. The van der Waals surface area contributed by atoms with Crippen LogP contribution in [0.15, 0.2) is 24.3 Å². The number of esters is 1. The molecule has 1 aromatic rings. The first-order valence-electron chi connectivity index (χ1n) is 6.32. The second-order valence-corrected chi connectivity index (χ2v) is 4.72. The standard InChI is InChI=1S/C14H18N2O3/c1-19-14(18)11-6-4-10(5-7-11)9-16-8-2-3-12(16)13(15)17/h4-7,12H,2-3,8-9H2,1H3,(H2,15,17). The molecular formula is C14H18N2O3. The zero-order valence-electron chi connectivity index (χ0n) is 11.0. The number of primary amides is 1. The zero-order valence-corrected chi connectivity index (χ0v) is 11.0. The molecule has 1 aromatic carbocycles. The molecular weight excluding hydrogens is 244 g/mol. The van der Waals surface area contributed by atoms with Gasteiger partial charge in [-0.05, 0) is 37.1 Å². The third-order valence-electron chi connectivity index (χ3n) is 3.45. The third kappa shape index (κ3) is 3.12. The molecule has 1 saturated heterocycles. The molecule has 2 rings (SSSR count). The minimum absolute atomic E-state index is 0.166. The van der Waals surface area contributed by atoms with Crippen molar-refractivity contribution in [1.29, 1.82) is 0 Å². The summed E-state index contributed by atoms with van der Waals surface area (Å²) in [6.45, 7) is 1.56. The van der Waals surface area contributed by atoms with Crippen LogP contribution in [0.1, 0.15) is 28.8 Å². The van der Waals surface area contributed by atoms with Crippen molar-refractivity contribution in [2.24, 2.45) is 5.73 Å². The predicted octanol–water partition coefficient (Wildman–Crippen LogP) is 0.923. The Bertz CT molecular complexity index is 470. The molecule has 0 aliphatic carbocycles. The van der Waals surface area contributed by atoms with E-state index in [1.54, 1.807) is 12.1 Å². The number of carbonyl (C=O) groups is 2. The lowest BCUT2D eigenvalue weighted by Gasteiger charge is -2.21. The minimum Gasteiger partial charge on any atom is -0.465 e. The summed E-state index contributed by atoms with van der Waals surface area (Å²) >= 11 is 0. The Balaban J connectivity index is 2.03. The Labute approximate surface area is 112 Å². The highest BCUT2D eigenvalue weighted by molar-refractivity contribution is 5.89. The summed E-state index contributed by atoms with van der Waals surface area (Å²) < 4.78 is 4.65. The first-order valence-corrected chi connectivity index (χ1v) is 6.32. The maximum atomic E-state index is 11.3. The smallest absolute Gasteiger partial charge is 0.337 e. The van der Waals surface area contributed by atoms with Crippen LogP contribution in [0, 0.1) is 0 Å². The number of nitrogens with two attached hydrogens (primary N) is 1. The zero-order chi connectivity index (χ0) is 13.8. The van der Waals surface area contributed by atoms with Gasteiger partial charge in [-0.1, -0.05) is 12.1 Å². The molecule has 1 aliphatic rings. The second kappa shape index (κ2) is 5.84. The van der Waals surface area contributed by atoms with Gasteiger partial charge in [-0.15, -0.1) is 0 Å². The Hall–Kier alpha value is -1.88. The molecule has 1 amide bonds. The number of benzene rings is 1. The summed E-state index contributed by atoms with van der Waals surface area (Å²) in [5.41, 5.74) is 6.97. The average molecular weight is 262 g/mol. The van der Waals surface area contributed by atoms with Gasteiger partial charge in [0.1, 0.15) is 0 Å². The minimum atomic E-state index is -0.345. The molecule has 2 N–H and O–H groups in total. The monoisotopic (exact) mass is 262 g/mol. The lowest BCUT2D eigenvalue weighted by atomic mass is 10.1. The maximum Gasteiger partial charge on any atom is 0.337 e. The number of amides is 1. The third-order valence-corrected chi connectivity index (χ3v) is 3.45. The van der Waals surface area contributed by atoms with Crippen molar-refractivity contribution in [3.05, 3.63) is 35.4 Å². The number of hydrogen-bond acceptors (Lipinski definition) is 4. The number of likely N-dealkylation sites (tertiary alicyclic amines) is 1. The first kappa shape index (κ1) is 13.5. The number of rotatable bonds is 4. The molecule has 0 bridgehead atoms. The van der Waals surface area contributed by atoms with Gasteiger partial charge >= 0.3 is 5.97 Å². The van der Waals surface area contributed by atoms with Crippen LogP contribution >= 0.6 is 0 Å². The van der Waals surface area contributed by atoms with E-state index in [0.29, 0.717) is 12.1 Å². The number of methoxy groups -OCH3 is 1. The Morgan fingerprint density at radius 2 is 2.05 bits per heavy atom. The van der Waals surface area contributed by atoms with Crippen LogP contribution < -0.4 is 5.73 Å². The van der Waals surface area contributed by atoms with Gasteiger partial charge in [-0.3, -0.25) is 9.69 Å². The molecule has 5 nitrogen and oxygen atoms in total. The van der Waals surface area contributed by atoms with Crippen LogP contribution in [0.25, 0.3) is 0 Å². The summed E-state index contributed by atoms with van der Waals surface area (Å²) in [4.78, 5) is 24.7. The Kier molecular flexibility index (Phi) is 4.16. The predicted molar refractivity (Wildman–Crippen MR) is 70.4 cm³/mol. The van der Waals surface area contributed by atoms with Crippen molar-refractivity contribution in [2.45, 2.75) is 25.4 Å². The molecule has 5 heteroatoms. The number of ether oxygens (including phenoxy) is 1. The lowest BCUT2D eigenvalue weighted by Crippen LogP contribution is -2.39. The summed E-state index contributed by atoms with van der Waals surface area (Å²) in [5, 5.41) is 0. The lowest BCUT2D eigenvalue weighted by molar-refractivity contribution is -0.122. The van der Waals surface area contributed by atoms with E-state index in [-0.39, 0.29) is 17.9 Å². The number of carbonyl (C=O) groups excluding carboxylic acids is 2. The van der Waals surface area contributed by atoms with E-state index in [2.05, 4.69) is 9.64 Å². The van der Waals surface area contributed by atoms with Crippen LogP contribution in [0.3, 0.4) is 0 Å². The normalized spacial score (nSPS) is 19.3. The van der Waals surface area contributed by atoms with Crippen molar-refractivity contribution >= 4 is 11.9 Å². The molecule has 0 spiro atoms. The van der Waals surface area contributed by atoms with Gasteiger partial charge in [-0.25, -0.2) is 4.79 Å². The van der Waals surface area contributed by atoms with E-state index in [4.69, 9.17) is 5.73 Å². The molecule has 0 aromatic heterocycles. The fraction of sp³-hybridized carbons (Fsp3) is 0.429. The van der Waals surface area contributed by atoms with Crippen molar-refractivity contribution in [1.82, 2.24) is 4.90 Å². The average Bonchev–Trinajstić information content (AvgIpc) is 2.87. The highest BCUT2D eigenvalue weighted by atomic mass is 16.5. The molecule has 0 saturated carbocycles. The van der Waals surface area contributed by atoms with Gasteiger partial charge in [0, 0.05) is 6.54 Å². The summed E-state index contributed by atoms with van der Waals surface area (Å²) in [6, 6.07) is 7.05. The molecule has 102 valence electrons. The van der Waals surface area contributed by atoms with Gasteiger partial charge in [0.2, 0.25) is 5.91 Å². The van der Waals surface area contributed by atoms with Crippen molar-refractivity contribution in [3.63, 3.8) is 0 Å². The summed E-state index contributed by atoms with van der Waals surface area (Å²) in [6.07, 6.45) is 1.82. The topological polar surface area (TPSA) is 72.6 Å². The van der Waals surface area contributed by atoms with Crippen molar-refractivity contribution in [2.75, 3.05) is 13.7 Å². The van der Waals surface area contributed by atoms with Gasteiger partial charge in [0.15, 0.2) is 0 Å². The van der Waals surface area contributed by atoms with E-state index in [1.165, 1.54) is 7.11 Å². The quantitative estimate of drug-likeness (QED) is 0.819. The largest absolute Gasteiger partial charge is 0.465 e. The number of nitrogens with zero attached hydrogens (tertiary/aromatic N) is 1. The van der Waals surface area contributed by atoms with E-state index in [1.807, 2.05) is 12.1 Å². The van der Waals surface area contributed by atoms with Crippen LogP contribution in [-0.4, -0.2) is 36.5 Å². The van der Waals surface area contributed by atoms with Crippen LogP contribution in [0.2, 0.25) is 0 Å². The van der Waals surface area contributed by atoms with Crippen LogP contribution in [0.5, 0.6) is 0 Å². The molecule has 1 fully saturated rings. The molecule has 0 radical (unpaired) electrons. The van der Waals surface area contributed by atoms with E-state index in [9.17, 15) is 9.59 Å². The van der Waals surface area contributed by atoms with Gasteiger partial charge in [0.25, 0.3) is 0 Å². The molecule has 1 atom stereocenters. The summed E-state index contributed by atoms with van der Waals surface area (Å²) in [5.74, 6) is -0.605. The fourth-order valence-electron chi connectivity index (χ4n) is 2.44. The van der Waals surface area contributed by atoms with Crippen LogP contribution in [0.4, 0.5) is 0 Å². The highest BCUT2D eigenvalue weighted by Gasteiger charge is 2.28. The Morgan fingerprint density at radius 1 is 1.37 bits per heavy atom. The highest BCUT2D eigenvalue weighted by Crippen LogP contribution is 2.20. The van der Waals surface area contributed by atoms with Crippen LogP contribution in [-0.2, 0) is 16.1 Å². The number of hydrogen-bond donors (Lipinski definition) is 1. The Morgan fingerprint density at radius 3 is 2.63 bits per heavy atom. The van der Waals surface area contributed by atoms with Crippen molar-refractivity contribution < 1.29 is 14.3 Å². The van der Waals surface area contributed by atoms with Gasteiger partial charge < -0.3 is 10.5 Å². The van der Waals surface area contributed by atoms with Gasteiger partial charge in [0.05, 0.1) is 18.7 Å². The molecule has 19 heavy (non-hydrogen) atoms. The molecule has 1 aliphatic heterocycles. The van der Waals surface area contributed by atoms with E-state index < -0.39 is 0 Å². The second-order valence-electron chi connectivity index (χ2n) is 4.72. The molecule has 1 heterocycles. The van der Waals surface area contributed by atoms with Gasteiger partial charge in [-0.2, -0.15) is 0 Å². The van der Waals surface area contributed by atoms with E-state index >= 15 is 0 Å². The maximum absolute atomic E-state index is 11.3. The summed E-state index contributed by atoms with van der Waals surface area (Å²) in [7, 11) is 1.36. The SMILES string of the molecule is COC(=O)c1ccc(CN2CCCC2C(N)=O)cc1.